The van der Waals surface area contributed by atoms with Gasteiger partial charge in [0.05, 0.1) is 17.7 Å². The number of alkyl halides is 2. The topological polar surface area (TPSA) is 37.3 Å². The molecule has 0 unspecified atom stereocenters. The maximum absolute atomic E-state index is 11.5. The van der Waals surface area contributed by atoms with Gasteiger partial charge in [-0.15, -0.1) is 23.2 Å². The van der Waals surface area contributed by atoms with Crippen molar-refractivity contribution < 1.29 is 9.90 Å². The summed E-state index contributed by atoms with van der Waals surface area (Å²) in [6.45, 7) is 1.96. The standard InChI is InChI=1S/C9H14Cl2O2/c1-6-2-3-7(12)8(6)9(13,4-10)5-11/h6,8,13H,2-5H2,1H3/t6-,8+/m1/s1. The molecule has 0 saturated heterocycles. The van der Waals surface area contributed by atoms with Gasteiger partial charge in [-0.2, -0.15) is 0 Å². The second-order valence-electron chi connectivity index (χ2n) is 3.83. The van der Waals surface area contributed by atoms with Crippen molar-refractivity contribution in [1.29, 1.82) is 0 Å². The van der Waals surface area contributed by atoms with E-state index in [1.807, 2.05) is 6.92 Å². The molecule has 0 aromatic carbocycles. The first kappa shape index (κ1) is 11.3. The Labute approximate surface area is 88.2 Å². The van der Waals surface area contributed by atoms with Gasteiger partial charge in [0.25, 0.3) is 0 Å². The molecule has 0 amide bonds. The fourth-order valence-electron chi connectivity index (χ4n) is 2.04. The molecule has 0 aromatic heterocycles. The molecule has 0 heterocycles. The van der Waals surface area contributed by atoms with E-state index in [9.17, 15) is 9.90 Å². The monoisotopic (exact) mass is 224 g/mol. The van der Waals surface area contributed by atoms with Crippen molar-refractivity contribution in [3.8, 4) is 0 Å². The predicted octanol–water partition coefficient (Wildman–Crippen LogP) is 1.81. The van der Waals surface area contributed by atoms with Crippen molar-refractivity contribution >= 4 is 29.0 Å². The zero-order valence-corrected chi connectivity index (χ0v) is 9.11. The highest BCUT2D eigenvalue weighted by Crippen LogP contribution is 2.37. The smallest absolute Gasteiger partial charge is 0.139 e. The van der Waals surface area contributed by atoms with E-state index in [4.69, 9.17) is 23.2 Å². The van der Waals surface area contributed by atoms with Gasteiger partial charge in [-0.05, 0) is 12.3 Å². The van der Waals surface area contributed by atoms with E-state index in [0.29, 0.717) is 6.42 Å². The molecular formula is C9H14Cl2O2. The minimum atomic E-state index is -1.21. The molecule has 76 valence electrons. The maximum Gasteiger partial charge on any atom is 0.139 e. The van der Waals surface area contributed by atoms with Crippen LogP contribution in [-0.4, -0.2) is 28.3 Å². The van der Waals surface area contributed by atoms with Gasteiger partial charge in [0.1, 0.15) is 11.4 Å². The summed E-state index contributed by atoms with van der Waals surface area (Å²) in [5.74, 6) is -0.0390. The lowest BCUT2D eigenvalue weighted by Gasteiger charge is -2.31. The van der Waals surface area contributed by atoms with Crippen LogP contribution in [0.5, 0.6) is 0 Å². The molecule has 0 radical (unpaired) electrons. The van der Waals surface area contributed by atoms with Gasteiger partial charge in [0, 0.05) is 6.42 Å². The van der Waals surface area contributed by atoms with Crippen molar-refractivity contribution in [2.24, 2.45) is 11.8 Å². The highest BCUT2D eigenvalue weighted by atomic mass is 35.5. The first-order valence-corrected chi connectivity index (χ1v) is 5.49. The van der Waals surface area contributed by atoms with Crippen molar-refractivity contribution in [3.63, 3.8) is 0 Å². The van der Waals surface area contributed by atoms with Crippen LogP contribution < -0.4 is 0 Å². The van der Waals surface area contributed by atoms with Crippen molar-refractivity contribution in [1.82, 2.24) is 0 Å². The quantitative estimate of drug-likeness (QED) is 0.743. The Balaban J connectivity index is 2.83. The molecule has 1 rings (SSSR count). The van der Waals surface area contributed by atoms with E-state index < -0.39 is 5.60 Å². The predicted molar refractivity (Wildman–Crippen MR) is 53.3 cm³/mol. The van der Waals surface area contributed by atoms with Crippen LogP contribution in [0, 0.1) is 11.8 Å². The Morgan fingerprint density at radius 3 is 2.38 bits per heavy atom. The van der Waals surface area contributed by atoms with E-state index in [1.165, 1.54) is 0 Å². The van der Waals surface area contributed by atoms with Gasteiger partial charge in [0.15, 0.2) is 0 Å². The maximum atomic E-state index is 11.5. The van der Waals surface area contributed by atoms with Gasteiger partial charge in [-0.1, -0.05) is 6.92 Å². The lowest BCUT2D eigenvalue weighted by molar-refractivity contribution is -0.128. The molecule has 1 saturated carbocycles. The number of rotatable bonds is 3. The molecule has 0 bridgehead atoms. The largest absolute Gasteiger partial charge is 0.387 e. The van der Waals surface area contributed by atoms with E-state index >= 15 is 0 Å². The summed E-state index contributed by atoms with van der Waals surface area (Å²) in [7, 11) is 0. The first-order valence-electron chi connectivity index (χ1n) is 4.42. The van der Waals surface area contributed by atoms with Crippen LogP contribution in [0.15, 0.2) is 0 Å². The van der Waals surface area contributed by atoms with Crippen LogP contribution in [0.25, 0.3) is 0 Å². The molecule has 1 aliphatic rings. The minimum Gasteiger partial charge on any atom is -0.387 e. The molecule has 0 aliphatic heterocycles. The fourth-order valence-corrected chi connectivity index (χ4v) is 2.66. The molecule has 1 fully saturated rings. The van der Waals surface area contributed by atoms with E-state index in [0.717, 1.165) is 6.42 Å². The Morgan fingerprint density at radius 2 is 2.08 bits per heavy atom. The zero-order chi connectivity index (χ0) is 10.1. The van der Waals surface area contributed by atoms with Crippen LogP contribution in [-0.2, 0) is 4.79 Å². The van der Waals surface area contributed by atoms with Crippen molar-refractivity contribution in [3.05, 3.63) is 0 Å². The van der Waals surface area contributed by atoms with Crippen LogP contribution >= 0.6 is 23.2 Å². The first-order chi connectivity index (χ1) is 6.05. The van der Waals surface area contributed by atoms with Crippen LogP contribution in [0.1, 0.15) is 19.8 Å². The summed E-state index contributed by atoms with van der Waals surface area (Å²) in [6.07, 6.45) is 1.38. The molecule has 0 aromatic rings. The van der Waals surface area contributed by atoms with Crippen molar-refractivity contribution in [2.75, 3.05) is 11.8 Å². The highest BCUT2D eigenvalue weighted by Gasteiger charge is 2.46. The summed E-state index contributed by atoms with van der Waals surface area (Å²) >= 11 is 11.3. The van der Waals surface area contributed by atoms with Crippen LogP contribution in [0.3, 0.4) is 0 Å². The number of hydrogen-bond acceptors (Lipinski definition) is 2. The number of hydrogen-bond donors (Lipinski definition) is 1. The van der Waals surface area contributed by atoms with Gasteiger partial charge in [-0.25, -0.2) is 0 Å². The lowest BCUT2D eigenvalue weighted by Crippen LogP contribution is -2.46. The summed E-state index contributed by atoms with van der Waals surface area (Å²) in [4.78, 5) is 11.5. The van der Waals surface area contributed by atoms with Gasteiger partial charge < -0.3 is 5.11 Å². The Bertz CT molecular complexity index is 202. The van der Waals surface area contributed by atoms with Gasteiger partial charge in [0.2, 0.25) is 0 Å². The van der Waals surface area contributed by atoms with Gasteiger partial charge >= 0.3 is 0 Å². The van der Waals surface area contributed by atoms with Crippen LogP contribution in [0.2, 0.25) is 0 Å². The summed E-state index contributed by atoms with van der Waals surface area (Å²) < 4.78 is 0. The zero-order valence-electron chi connectivity index (χ0n) is 7.59. The number of carbonyl (C=O) groups is 1. The number of ketones is 1. The molecule has 4 heteroatoms. The lowest BCUT2D eigenvalue weighted by atomic mass is 9.83. The minimum absolute atomic E-state index is 0.0250. The SMILES string of the molecule is C[C@@H]1CCC(=O)[C@H]1C(O)(CCl)CCl. The average molecular weight is 225 g/mol. The van der Waals surface area contributed by atoms with E-state index in [2.05, 4.69) is 0 Å². The van der Waals surface area contributed by atoms with E-state index in [1.54, 1.807) is 0 Å². The second-order valence-corrected chi connectivity index (χ2v) is 4.37. The average Bonchev–Trinajstić information content (AvgIpc) is 2.46. The third-order valence-corrected chi connectivity index (χ3v) is 3.73. The molecular weight excluding hydrogens is 211 g/mol. The Kier molecular flexibility index (Phi) is 3.61. The third kappa shape index (κ3) is 2.00. The second kappa shape index (κ2) is 4.16. The van der Waals surface area contributed by atoms with E-state index in [-0.39, 0.29) is 29.4 Å². The fraction of sp³-hybridized carbons (Fsp3) is 0.889. The van der Waals surface area contributed by atoms with Crippen LogP contribution in [0.4, 0.5) is 0 Å². The molecule has 1 aliphatic carbocycles. The third-order valence-electron chi connectivity index (χ3n) is 2.80. The molecule has 13 heavy (non-hydrogen) atoms. The Morgan fingerprint density at radius 1 is 1.54 bits per heavy atom. The normalized spacial score (nSPS) is 29.7. The molecule has 1 N–H and O–H groups in total. The molecule has 2 nitrogen and oxygen atoms in total. The molecule has 2 atom stereocenters. The van der Waals surface area contributed by atoms with Gasteiger partial charge in [-0.3, -0.25) is 4.79 Å². The number of carbonyl (C=O) groups excluding carboxylic acids is 1. The number of aliphatic hydroxyl groups is 1. The highest BCUT2D eigenvalue weighted by molar-refractivity contribution is 6.22. The Hall–Kier alpha value is 0.210. The summed E-state index contributed by atoms with van der Waals surface area (Å²) in [6, 6.07) is 0. The summed E-state index contributed by atoms with van der Waals surface area (Å²) in [5, 5.41) is 9.98. The molecule has 0 spiro atoms. The summed E-state index contributed by atoms with van der Waals surface area (Å²) in [5.41, 5.74) is -1.21. The van der Waals surface area contributed by atoms with Crippen molar-refractivity contribution in [2.45, 2.75) is 25.4 Å². The number of Topliss-reactive ketones (excluding diaryl/α,β-unsaturated/α-hetero) is 1. The number of halogens is 2.